The minimum absolute atomic E-state index is 0.497. The molecule has 2 fully saturated rings. The van der Waals surface area contributed by atoms with Gasteiger partial charge in [0.25, 0.3) is 0 Å². The molecule has 2 saturated heterocycles. The molecule has 0 bridgehead atoms. The van der Waals surface area contributed by atoms with E-state index in [1.807, 2.05) is 24.3 Å². The Hall–Kier alpha value is -2.22. The summed E-state index contributed by atoms with van der Waals surface area (Å²) >= 11 is 3.43. The van der Waals surface area contributed by atoms with E-state index >= 15 is 0 Å². The predicted molar refractivity (Wildman–Crippen MR) is 108 cm³/mol. The van der Waals surface area contributed by atoms with E-state index in [-0.39, 0.29) is 0 Å². The van der Waals surface area contributed by atoms with Gasteiger partial charge in [-0.15, -0.1) is 0 Å². The Balaban J connectivity index is 1.54. The van der Waals surface area contributed by atoms with E-state index < -0.39 is 0 Å². The van der Waals surface area contributed by atoms with Gasteiger partial charge in [-0.3, -0.25) is 0 Å². The Kier molecular flexibility index (Phi) is 5.29. The van der Waals surface area contributed by atoms with Crippen molar-refractivity contribution in [1.29, 1.82) is 0 Å². The lowest BCUT2D eigenvalue weighted by molar-refractivity contribution is 0.838. The second-order valence-corrected chi connectivity index (χ2v) is 7.48. The zero-order chi connectivity index (χ0) is 17.8. The topological polar surface area (TPSA) is 69.5 Å². The van der Waals surface area contributed by atoms with Gasteiger partial charge < -0.3 is 9.80 Å². The van der Waals surface area contributed by atoms with E-state index in [1.165, 1.54) is 25.7 Å². The van der Waals surface area contributed by atoms with E-state index in [0.29, 0.717) is 5.95 Å². The first-order valence-corrected chi connectivity index (χ1v) is 9.88. The number of aromatic nitrogens is 3. The fourth-order valence-electron chi connectivity index (χ4n) is 3.23. The minimum atomic E-state index is 0.497. The number of hydrazone groups is 1. The molecule has 1 aromatic carbocycles. The fraction of sp³-hybridized carbons (Fsp3) is 0.444. The van der Waals surface area contributed by atoms with Gasteiger partial charge in [-0.25, -0.2) is 5.43 Å². The molecule has 2 aromatic rings. The van der Waals surface area contributed by atoms with Gasteiger partial charge in [-0.2, -0.15) is 20.1 Å². The average molecular weight is 416 g/mol. The van der Waals surface area contributed by atoms with Gasteiger partial charge in [0.15, 0.2) is 0 Å². The molecule has 1 aromatic heterocycles. The normalized spacial score (nSPS) is 17.4. The number of nitrogens with zero attached hydrogens (tertiary/aromatic N) is 6. The van der Waals surface area contributed by atoms with Crippen molar-refractivity contribution in [2.75, 3.05) is 41.4 Å². The zero-order valence-electron chi connectivity index (χ0n) is 14.6. The first kappa shape index (κ1) is 17.2. The maximum atomic E-state index is 4.71. The molecule has 0 radical (unpaired) electrons. The van der Waals surface area contributed by atoms with E-state index in [0.717, 1.165) is 48.1 Å². The molecule has 0 unspecified atom stereocenters. The van der Waals surface area contributed by atoms with Crippen molar-refractivity contribution in [3.63, 3.8) is 0 Å². The van der Waals surface area contributed by atoms with Gasteiger partial charge >= 0.3 is 0 Å². The number of anilines is 3. The molecule has 0 spiro atoms. The van der Waals surface area contributed by atoms with Crippen LogP contribution in [0, 0.1) is 0 Å². The zero-order valence-corrected chi connectivity index (χ0v) is 16.2. The molecule has 136 valence electrons. The number of hydrogen-bond acceptors (Lipinski definition) is 7. The first-order chi connectivity index (χ1) is 12.8. The van der Waals surface area contributed by atoms with Crippen molar-refractivity contribution in [2.24, 2.45) is 5.10 Å². The number of rotatable bonds is 5. The Bertz CT molecular complexity index is 731. The molecule has 4 rings (SSSR count). The quantitative estimate of drug-likeness (QED) is 0.596. The Morgan fingerprint density at radius 3 is 1.92 bits per heavy atom. The maximum Gasteiger partial charge on any atom is 0.250 e. The van der Waals surface area contributed by atoms with E-state index in [2.05, 4.69) is 46.2 Å². The molecular formula is C18H22BrN7. The molecule has 0 atom stereocenters. The van der Waals surface area contributed by atoms with Crippen molar-refractivity contribution < 1.29 is 0 Å². The van der Waals surface area contributed by atoms with Crippen LogP contribution in [-0.2, 0) is 0 Å². The van der Waals surface area contributed by atoms with Crippen LogP contribution >= 0.6 is 15.9 Å². The minimum Gasteiger partial charge on any atom is -0.341 e. The van der Waals surface area contributed by atoms with Gasteiger partial charge in [-0.05, 0) is 43.4 Å². The highest BCUT2D eigenvalue weighted by Gasteiger charge is 2.21. The molecule has 3 heterocycles. The summed E-state index contributed by atoms with van der Waals surface area (Å²) in [5.41, 5.74) is 3.99. The van der Waals surface area contributed by atoms with E-state index in [1.54, 1.807) is 6.21 Å². The summed E-state index contributed by atoms with van der Waals surface area (Å²) in [4.78, 5) is 18.3. The van der Waals surface area contributed by atoms with Gasteiger partial charge in [0.2, 0.25) is 17.8 Å². The maximum absolute atomic E-state index is 4.71. The molecule has 2 aliphatic heterocycles. The lowest BCUT2D eigenvalue weighted by atomic mass is 10.2. The third kappa shape index (κ3) is 4.12. The van der Waals surface area contributed by atoms with Crippen molar-refractivity contribution in [3.05, 3.63) is 34.3 Å². The molecule has 0 amide bonds. The standard InChI is InChI=1S/C18H22BrN7/c19-15-7-5-14(6-8-15)13-20-24-16-21-17(25-9-1-2-10-25)23-18(22-16)26-11-3-4-12-26/h5-8,13H,1-4,9-12H2,(H,21,22,23,24). The van der Waals surface area contributed by atoms with Gasteiger partial charge in [0, 0.05) is 30.7 Å². The van der Waals surface area contributed by atoms with Crippen molar-refractivity contribution >= 4 is 40.0 Å². The highest BCUT2D eigenvalue weighted by Crippen LogP contribution is 2.22. The summed E-state index contributed by atoms with van der Waals surface area (Å²) in [5, 5.41) is 4.30. The van der Waals surface area contributed by atoms with E-state index in [4.69, 9.17) is 4.98 Å². The van der Waals surface area contributed by atoms with Crippen LogP contribution in [-0.4, -0.2) is 47.3 Å². The molecule has 7 nitrogen and oxygen atoms in total. The SMILES string of the molecule is Brc1ccc(C=NNc2nc(N3CCCC3)nc(N3CCCC3)n2)cc1. The number of hydrogen-bond donors (Lipinski definition) is 1. The van der Waals surface area contributed by atoms with Crippen LogP contribution in [0.1, 0.15) is 31.2 Å². The molecule has 2 aliphatic rings. The van der Waals surface area contributed by atoms with Gasteiger partial charge in [-0.1, -0.05) is 28.1 Å². The van der Waals surface area contributed by atoms with Gasteiger partial charge in [0.05, 0.1) is 6.21 Å². The largest absolute Gasteiger partial charge is 0.341 e. The fourth-order valence-corrected chi connectivity index (χ4v) is 3.50. The van der Waals surface area contributed by atoms with Crippen molar-refractivity contribution in [3.8, 4) is 0 Å². The molecule has 0 saturated carbocycles. The smallest absolute Gasteiger partial charge is 0.250 e. The number of benzene rings is 1. The third-order valence-corrected chi connectivity index (χ3v) is 5.17. The third-order valence-electron chi connectivity index (χ3n) is 4.64. The summed E-state index contributed by atoms with van der Waals surface area (Å²) in [5.74, 6) is 2.00. The van der Waals surface area contributed by atoms with Crippen LogP contribution in [0.15, 0.2) is 33.8 Å². The first-order valence-electron chi connectivity index (χ1n) is 9.08. The van der Waals surface area contributed by atoms with Crippen LogP contribution in [0.3, 0.4) is 0 Å². The van der Waals surface area contributed by atoms with Crippen molar-refractivity contribution in [1.82, 2.24) is 15.0 Å². The molecule has 8 heteroatoms. The second kappa shape index (κ2) is 7.99. The summed E-state index contributed by atoms with van der Waals surface area (Å²) in [6.45, 7) is 4.02. The van der Waals surface area contributed by atoms with Crippen LogP contribution in [0.2, 0.25) is 0 Å². The van der Waals surface area contributed by atoms with Crippen LogP contribution in [0.4, 0.5) is 17.8 Å². The molecule has 26 heavy (non-hydrogen) atoms. The Labute approximate surface area is 161 Å². The predicted octanol–water partition coefficient (Wildman–Crippen LogP) is 3.28. The van der Waals surface area contributed by atoms with Crippen LogP contribution in [0.25, 0.3) is 0 Å². The molecule has 0 aliphatic carbocycles. The highest BCUT2D eigenvalue weighted by molar-refractivity contribution is 9.10. The Morgan fingerprint density at radius 1 is 0.846 bits per heavy atom. The number of halogens is 1. The summed E-state index contributed by atoms with van der Waals surface area (Å²) < 4.78 is 1.05. The lowest BCUT2D eigenvalue weighted by Gasteiger charge is -2.20. The molecular weight excluding hydrogens is 394 g/mol. The van der Waals surface area contributed by atoms with Gasteiger partial charge in [0.1, 0.15) is 0 Å². The van der Waals surface area contributed by atoms with Crippen LogP contribution < -0.4 is 15.2 Å². The summed E-state index contributed by atoms with van der Waals surface area (Å²) in [6.07, 6.45) is 6.52. The Morgan fingerprint density at radius 2 is 1.38 bits per heavy atom. The summed E-state index contributed by atoms with van der Waals surface area (Å²) in [6, 6.07) is 7.96. The average Bonchev–Trinajstić information content (AvgIpc) is 3.37. The molecule has 1 N–H and O–H groups in total. The highest BCUT2D eigenvalue weighted by atomic mass is 79.9. The van der Waals surface area contributed by atoms with Crippen LogP contribution in [0.5, 0.6) is 0 Å². The lowest BCUT2D eigenvalue weighted by Crippen LogP contribution is -2.25. The number of nitrogens with one attached hydrogen (secondary N) is 1. The second-order valence-electron chi connectivity index (χ2n) is 6.57. The summed E-state index contributed by atoms with van der Waals surface area (Å²) in [7, 11) is 0. The van der Waals surface area contributed by atoms with E-state index in [9.17, 15) is 0 Å². The van der Waals surface area contributed by atoms with Crippen molar-refractivity contribution in [2.45, 2.75) is 25.7 Å². The monoisotopic (exact) mass is 415 g/mol.